The van der Waals surface area contributed by atoms with Crippen LogP contribution in [0.1, 0.15) is 36.0 Å². The Morgan fingerprint density at radius 1 is 1.13 bits per heavy atom. The lowest BCUT2D eigenvalue weighted by atomic mass is 10.1. The van der Waals surface area contributed by atoms with Gasteiger partial charge in [0.15, 0.2) is 0 Å². The number of hydrogen-bond acceptors (Lipinski definition) is 4. The molecule has 0 radical (unpaired) electrons. The minimum atomic E-state index is -0.0806. The predicted molar refractivity (Wildman–Crippen MR) is 85.2 cm³/mol. The van der Waals surface area contributed by atoms with Gasteiger partial charge in [0.05, 0.1) is 7.11 Å². The third-order valence-electron chi connectivity index (χ3n) is 4.78. The molecule has 1 aromatic rings. The van der Waals surface area contributed by atoms with Gasteiger partial charge in [0.2, 0.25) is 11.8 Å². The Morgan fingerprint density at radius 3 is 2.43 bits per heavy atom. The summed E-state index contributed by atoms with van der Waals surface area (Å²) in [6, 6.07) is 3.46. The molecule has 2 aliphatic rings. The third-order valence-corrected chi connectivity index (χ3v) is 4.78. The third kappa shape index (κ3) is 3.30. The molecular weight excluding hydrogens is 294 g/mol. The number of rotatable bonds is 3. The number of nitrogens with zero attached hydrogens (tertiary/aromatic N) is 3. The molecule has 23 heavy (non-hydrogen) atoms. The van der Waals surface area contributed by atoms with E-state index in [4.69, 9.17) is 4.74 Å². The number of ether oxygens (including phenoxy) is 1. The number of piperazine rings is 1. The molecule has 2 heterocycles. The lowest BCUT2D eigenvalue weighted by molar-refractivity contribution is -0.136. The van der Waals surface area contributed by atoms with Gasteiger partial charge in [-0.1, -0.05) is 12.8 Å². The molecule has 2 amide bonds. The van der Waals surface area contributed by atoms with Crippen molar-refractivity contribution in [1.29, 1.82) is 0 Å². The van der Waals surface area contributed by atoms with E-state index in [9.17, 15) is 9.59 Å². The Balaban J connectivity index is 1.60. The normalized spacial score (nSPS) is 19.0. The molecular formula is C17H23N3O3. The standard InChI is InChI=1S/C17H23N3O3/c1-23-15-14(7-4-8-18-15)17(22)20-11-9-19(10-12-20)16(21)13-5-2-3-6-13/h4,7-8,13H,2-3,5-6,9-12H2,1H3. The van der Waals surface area contributed by atoms with E-state index >= 15 is 0 Å². The Morgan fingerprint density at radius 2 is 1.78 bits per heavy atom. The molecule has 1 saturated heterocycles. The van der Waals surface area contributed by atoms with Gasteiger partial charge in [0, 0.05) is 38.3 Å². The zero-order valence-corrected chi connectivity index (χ0v) is 13.5. The van der Waals surface area contributed by atoms with Gasteiger partial charge in [0.25, 0.3) is 5.91 Å². The zero-order chi connectivity index (χ0) is 16.2. The summed E-state index contributed by atoms with van der Waals surface area (Å²) in [4.78, 5) is 32.8. The maximum atomic E-state index is 12.6. The van der Waals surface area contributed by atoms with Gasteiger partial charge in [-0.25, -0.2) is 4.98 Å². The van der Waals surface area contributed by atoms with Gasteiger partial charge in [0.1, 0.15) is 5.56 Å². The van der Waals surface area contributed by atoms with Crippen LogP contribution >= 0.6 is 0 Å². The zero-order valence-electron chi connectivity index (χ0n) is 13.5. The highest BCUT2D eigenvalue weighted by molar-refractivity contribution is 5.96. The summed E-state index contributed by atoms with van der Waals surface area (Å²) >= 11 is 0. The number of hydrogen-bond donors (Lipinski definition) is 0. The number of amides is 2. The Labute approximate surface area is 136 Å². The van der Waals surface area contributed by atoms with Crippen LogP contribution in [-0.4, -0.2) is 59.9 Å². The second kappa shape index (κ2) is 6.98. The maximum absolute atomic E-state index is 12.6. The molecule has 0 unspecified atom stereocenters. The number of methoxy groups -OCH3 is 1. The van der Waals surface area contributed by atoms with Gasteiger partial charge >= 0.3 is 0 Å². The van der Waals surface area contributed by atoms with E-state index < -0.39 is 0 Å². The molecule has 0 aromatic carbocycles. The number of aromatic nitrogens is 1. The van der Waals surface area contributed by atoms with E-state index in [0.29, 0.717) is 37.6 Å². The first-order valence-corrected chi connectivity index (χ1v) is 8.28. The lowest BCUT2D eigenvalue weighted by Crippen LogP contribution is -2.51. The molecule has 2 fully saturated rings. The average Bonchev–Trinajstić information content (AvgIpc) is 3.15. The van der Waals surface area contributed by atoms with Crippen molar-refractivity contribution in [2.24, 2.45) is 5.92 Å². The predicted octanol–water partition coefficient (Wildman–Crippen LogP) is 1.56. The molecule has 0 N–H and O–H groups in total. The van der Waals surface area contributed by atoms with Gasteiger partial charge in [-0.2, -0.15) is 0 Å². The van der Waals surface area contributed by atoms with Crippen LogP contribution in [0.5, 0.6) is 5.88 Å². The largest absolute Gasteiger partial charge is 0.480 e. The summed E-state index contributed by atoms with van der Waals surface area (Å²) in [5.74, 6) is 0.745. The molecule has 1 aliphatic heterocycles. The highest BCUT2D eigenvalue weighted by Gasteiger charge is 2.31. The quantitative estimate of drug-likeness (QED) is 0.849. The van der Waals surface area contributed by atoms with Crippen LogP contribution in [0.25, 0.3) is 0 Å². The Kier molecular flexibility index (Phi) is 4.79. The molecule has 6 nitrogen and oxygen atoms in total. The van der Waals surface area contributed by atoms with Gasteiger partial charge < -0.3 is 14.5 Å². The van der Waals surface area contributed by atoms with E-state index in [1.807, 2.05) is 4.90 Å². The number of carbonyl (C=O) groups is 2. The van der Waals surface area contributed by atoms with Crippen LogP contribution < -0.4 is 4.74 Å². The highest BCUT2D eigenvalue weighted by atomic mass is 16.5. The van der Waals surface area contributed by atoms with Gasteiger partial charge in [-0.05, 0) is 25.0 Å². The molecule has 1 saturated carbocycles. The first kappa shape index (κ1) is 15.8. The van der Waals surface area contributed by atoms with Crippen LogP contribution in [0.2, 0.25) is 0 Å². The van der Waals surface area contributed by atoms with E-state index in [2.05, 4.69) is 4.98 Å². The first-order chi connectivity index (χ1) is 11.2. The van der Waals surface area contributed by atoms with Crippen molar-refractivity contribution in [1.82, 2.24) is 14.8 Å². The molecule has 3 rings (SSSR count). The fourth-order valence-corrected chi connectivity index (χ4v) is 3.45. The van der Waals surface area contributed by atoms with E-state index in [1.165, 1.54) is 7.11 Å². The second-order valence-corrected chi connectivity index (χ2v) is 6.16. The lowest BCUT2D eigenvalue weighted by Gasteiger charge is -2.36. The van der Waals surface area contributed by atoms with Gasteiger partial charge in [-0.3, -0.25) is 9.59 Å². The van der Waals surface area contributed by atoms with Crippen molar-refractivity contribution in [3.63, 3.8) is 0 Å². The maximum Gasteiger partial charge on any atom is 0.259 e. The van der Waals surface area contributed by atoms with Crippen molar-refractivity contribution < 1.29 is 14.3 Å². The monoisotopic (exact) mass is 317 g/mol. The summed E-state index contributed by atoms with van der Waals surface area (Å²) in [5, 5.41) is 0. The average molecular weight is 317 g/mol. The van der Waals surface area contributed by atoms with Crippen molar-refractivity contribution in [3.05, 3.63) is 23.9 Å². The van der Waals surface area contributed by atoms with Crippen LogP contribution in [-0.2, 0) is 4.79 Å². The molecule has 0 atom stereocenters. The van der Waals surface area contributed by atoms with Crippen LogP contribution in [0.3, 0.4) is 0 Å². The summed E-state index contributed by atoms with van der Waals surface area (Å²) < 4.78 is 5.16. The fourth-order valence-electron chi connectivity index (χ4n) is 3.45. The minimum absolute atomic E-state index is 0.0806. The van der Waals surface area contributed by atoms with Gasteiger partial charge in [-0.15, -0.1) is 0 Å². The Hall–Kier alpha value is -2.11. The Bertz CT molecular complexity index is 576. The first-order valence-electron chi connectivity index (χ1n) is 8.28. The smallest absolute Gasteiger partial charge is 0.259 e. The van der Waals surface area contributed by atoms with E-state index in [0.717, 1.165) is 25.7 Å². The molecule has 0 bridgehead atoms. The SMILES string of the molecule is COc1ncccc1C(=O)N1CCN(C(=O)C2CCCC2)CC1. The van der Waals surface area contributed by atoms with Crippen molar-refractivity contribution >= 4 is 11.8 Å². The molecule has 1 aromatic heterocycles. The molecule has 1 aliphatic carbocycles. The summed E-state index contributed by atoms with van der Waals surface area (Å²) in [5.41, 5.74) is 0.477. The second-order valence-electron chi connectivity index (χ2n) is 6.16. The summed E-state index contributed by atoms with van der Waals surface area (Å²) in [6.07, 6.45) is 5.97. The van der Waals surface area contributed by atoms with Crippen molar-refractivity contribution in [2.45, 2.75) is 25.7 Å². The summed E-state index contributed by atoms with van der Waals surface area (Å²) in [7, 11) is 1.51. The number of pyridine rings is 1. The van der Waals surface area contributed by atoms with Crippen molar-refractivity contribution in [3.8, 4) is 5.88 Å². The van der Waals surface area contributed by atoms with Crippen molar-refractivity contribution in [2.75, 3.05) is 33.3 Å². The van der Waals surface area contributed by atoms with E-state index in [1.54, 1.807) is 23.2 Å². The number of carbonyl (C=O) groups excluding carboxylic acids is 2. The summed E-state index contributed by atoms with van der Waals surface area (Å²) in [6.45, 7) is 2.36. The molecule has 6 heteroatoms. The minimum Gasteiger partial charge on any atom is -0.480 e. The van der Waals surface area contributed by atoms with Crippen LogP contribution in [0, 0.1) is 5.92 Å². The van der Waals surface area contributed by atoms with Crippen LogP contribution in [0.15, 0.2) is 18.3 Å². The fraction of sp³-hybridized carbons (Fsp3) is 0.588. The van der Waals surface area contributed by atoms with Crippen LogP contribution in [0.4, 0.5) is 0 Å². The van der Waals surface area contributed by atoms with E-state index in [-0.39, 0.29) is 17.7 Å². The topological polar surface area (TPSA) is 62.7 Å². The molecule has 124 valence electrons. The molecule has 0 spiro atoms. The highest BCUT2D eigenvalue weighted by Crippen LogP contribution is 2.27.